The van der Waals surface area contributed by atoms with E-state index >= 15 is 0 Å². The molecular formula is C16H23N. The quantitative estimate of drug-likeness (QED) is 0.774. The van der Waals surface area contributed by atoms with Crippen LogP contribution in [-0.2, 0) is 0 Å². The first-order valence-corrected chi connectivity index (χ1v) is 7.16. The van der Waals surface area contributed by atoms with Gasteiger partial charge in [-0.1, -0.05) is 43.2 Å². The van der Waals surface area contributed by atoms with Crippen LogP contribution in [-0.4, -0.2) is 13.1 Å². The molecule has 1 N–H and O–H groups in total. The van der Waals surface area contributed by atoms with Gasteiger partial charge in [-0.15, -0.1) is 0 Å². The second-order valence-corrected chi connectivity index (χ2v) is 5.82. The van der Waals surface area contributed by atoms with Gasteiger partial charge in [-0.2, -0.15) is 0 Å². The zero-order valence-electron chi connectivity index (χ0n) is 10.6. The Hall–Kier alpha value is -0.820. The van der Waals surface area contributed by atoms with Gasteiger partial charge in [0.15, 0.2) is 0 Å². The maximum Gasteiger partial charge on any atom is -0.00434 e. The third-order valence-corrected chi connectivity index (χ3v) is 4.96. The van der Waals surface area contributed by atoms with E-state index in [2.05, 4.69) is 35.6 Å². The lowest BCUT2D eigenvalue weighted by Crippen LogP contribution is -2.42. The standard InChI is InChI=1S/C16H23N/c1-2-6-14(7-3-1)15-8-4-5-9-16(15)10-12-17-13-11-16/h1-3,6-7,15,17H,4-5,8-13H2. The van der Waals surface area contributed by atoms with Gasteiger partial charge in [0.2, 0.25) is 0 Å². The Bertz CT molecular complexity index is 343. The first-order chi connectivity index (χ1) is 8.41. The SMILES string of the molecule is c1ccc(C2CCCCC23CCNCC3)cc1. The van der Waals surface area contributed by atoms with Crippen molar-refractivity contribution in [3.05, 3.63) is 35.9 Å². The van der Waals surface area contributed by atoms with Crippen molar-refractivity contribution in [2.45, 2.75) is 44.4 Å². The fourth-order valence-corrected chi connectivity index (χ4v) is 4.03. The van der Waals surface area contributed by atoms with Crippen LogP contribution < -0.4 is 5.32 Å². The molecule has 1 nitrogen and oxygen atoms in total. The van der Waals surface area contributed by atoms with Gasteiger partial charge in [0, 0.05) is 0 Å². The maximum atomic E-state index is 3.53. The normalized spacial score (nSPS) is 28.1. The number of hydrogen-bond acceptors (Lipinski definition) is 1. The molecule has 0 bridgehead atoms. The Balaban J connectivity index is 1.89. The van der Waals surface area contributed by atoms with Gasteiger partial charge in [-0.05, 0) is 55.7 Å². The average Bonchev–Trinajstić information content (AvgIpc) is 2.41. The van der Waals surface area contributed by atoms with Crippen molar-refractivity contribution in [2.75, 3.05) is 13.1 Å². The van der Waals surface area contributed by atoms with Gasteiger partial charge in [-0.25, -0.2) is 0 Å². The highest BCUT2D eigenvalue weighted by Gasteiger charge is 2.41. The van der Waals surface area contributed by atoms with E-state index in [0.717, 1.165) is 5.92 Å². The molecule has 0 radical (unpaired) electrons. The molecule has 1 saturated carbocycles. The number of nitrogens with one attached hydrogen (secondary N) is 1. The van der Waals surface area contributed by atoms with Gasteiger partial charge in [0.25, 0.3) is 0 Å². The molecule has 1 heterocycles. The van der Waals surface area contributed by atoms with E-state index in [9.17, 15) is 0 Å². The molecule has 0 aromatic heterocycles. The predicted molar refractivity (Wildman–Crippen MR) is 72.2 cm³/mol. The van der Waals surface area contributed by atoms with Gasteiger partial charge >= 0.3 is 0 Å². The summed E-state index contributed by atoms with van der Waals surface area (Å²) in [4.78, 5) is 0. The van der Waals surface area contributed by atoms with Crippen molar-refractivity contribution in [3.8, 4) is 0 Å². The number of piperidine rings is 1. The molecule has 1 aliphatic heterocycles. The molecule has 1 aromatic rings. The summed E-state index contributed by atoms with van der Waals surface area (Å²) >= 11 is 0. The summed E-state index contributed by atoms with van der Waals surface area (Å²) in [7, 11) is 0. The summed E-state index contributed by atoms with van der Waals surface area (Å²) in [6, 6.07) is 11.2. The minimum atomic E-state index is 0.616. The van der Waals surface area contributed by atoms with Crippen LogP contribution in [0.1, 0.15) is 50.0 Å². The third-order valence-electron chi connectivity index (χ3n) is 4.96. The summed E-state index contributed by atoms with van der Waals surface area (Å²) in [5.74, 6) is 0.819. The molecule has 1 atom stereocenters. The molecule has 1 aliphatic carbocycles. The molecule has 1 aromatic carbocycles. The van der Waals surface area contributed by atoms with Crippen molar-refractivity contribution in [1.29, 1.82) is 0 Å². The van der Waals surface area contributed by atoms with Gasteiger partial charge in [0.05, 0.1) is 0 Å². The second-order valence-electron chi connectivity index (χ2n) is 5.82. The predicted octanol–water partition coefficient (Wildman–Crippen LogP) is 3.71. The lowest BCUT2D eigenvalue weighted by molar-refractivity contribution is 0.102. The summed E-state index contributed by atoms with van der Waals surface area (Å²) in [6.07, 6.45) is 8.50. The molecular weight excluding hydrogens is 206 g/mol. The fourth-order valence-electron chi connectivity index (χ4n) is 4.03. The van der Waals surface area contributed by atoms with Crippen LogP contribution >= 0.6 is 0 Å². The molecule has 17 heavy (non-hydrogen) atoms. The Kier molecular flexibility index (Phi) is 3.19. The molecule has 2 aliphatic rings. The largest absolute Gasteiger partial charge is 0.317 e. The Labute approximate surface area is 105 Å². The van der Waals surface area contributed by atoms with E-state index in [1.807, 2.05) is 0 Å². The molecule has 3 rings (SSSR count). The monoisotopic (exact) mass is 229 g/mol. The van der Waals surface area contributed by atoms with E-state index in [0.29, 0.717) is 5.41 Å². The fraction of sp³-hybridized carbons (Fsp3) is 0.625. The average molecular weight is 229 g/mol. The highest BCUT2D eigenvalue weighted by atomic mass is 14.9. The number of hydrogen-bond donors (Lipinski definition) is 1. The summed E-state index contributed by atoms with van der Waals surface area (Å²) in [5.41, 5.74) is 2.21. The minimum absolute atomic E-state index is 0.616. The third kappa shape index (κ3) is 2.13. The van der Waals surface area contributed by atoms with Gasteiger partial charge in [0.1, 0.15) is 0 Å². The Morgan fingerprint density at radius 3 is 2.47 bits per heavy atom. The van der Waals surface area contributed by atoms with Crippen LogP contribution in [0.4, 0.5) is 0 Å². The highest BCUT2D eigenvalue weighted by Crippen LogP contribution is 2.52. The maximum absolute atomic E-state index is 3.53. The van der Waals surface area contributed by atoms with Crippen LogP contribution in [0.5, 0.6) is 0 Å². The van der Waals surface area contributed by atoms with Crippen LogP contribution in [0.25, 0.3) is 0 Å². The highest BCUT2D eigenvalue weighted by molar-refractivity contribution is 5.23. The van der Waals surface area contributed by atoms with Crippen molar-refractivity contribution < 1.29 is 0 Å². The van der Waals surface area contributed by atoms with E-state index in [-0.39, 0.29) is 0 Å². The molecule has 1 unspecified atom stereocenters. The molecule has 92 valence electrons. The molecule has 1 heteroatoms. The van der Waals surface area contributed by atoms with Crippen molar-refractivity contribution >= 4 is 0 Å². The zero-order valence-corrected chi connectivity index (χ0v) is 10.6. The van der Waals surface area contributed by atoms with Gasteiger partial charge < -0.3 is 5.32 Å². The van der Waals surface area contributed by atoms with Crippen LogP contribution in [0.2, 0.25) is 0 Å². The van der Waals surface area contributed by atoms with E-state index in [1.165, 1.54) is 51.6 Å². The lowest BCUT2D eigenvalue weighted by Gasteiger charge is -2.47. The topological polar surface area (TPSA) is 12.0 Å². The summed E-state index contributed by atoms with van der Waals surface area (Å²) in [5, 5.41) is 3.53. The summed E-state index contributed by atoms with van der Waals surface area (Å²) in [6.45, 7) is 2.45. The molecule has 1 saturated heterocycles. The van der Waals surface area contributed by atoms with Crippen LogP contribution in [0.15, 0.2) is 30.3 Å². The smallest absolute Gasteiger partial charge is 0.00434 e. The molecule has 2 fully saturated rings. The minimum Gasteiger partial charge on any atom is -0.317 e. The van der Waals surface area contributed by atoms with Crippen LogP contribution in [0.3, 0.4) is 0 Å². The van der Waals surface area contributed by atoms with Crippen molar-refractivity contribution in [2.24, 2.45) is 5.41 Å². The Morgan fingerprint density at radius 2 is 1.71 bits per heavy atom. The summed E-state index contributed by atoms with van der Waals surface area (Å²) < 4.78 is 0. The lowest BCUT2D eigenvalue weighted by atomic mass is 9.59. The number of benzene rings is 1. The van der Waals surface area contributed by atoms with E-state index < -0.39 is 0 Å². The molecule has 0 amide bonds. The Morgan fingerprint density at radius 1 is 0.941 bits per heavy atom. The van der Waals surface area contributed by atoms with E-state index in [1.54, 1.807) is 5.56 Å². The first-order valence-electron chi connectivity index (χ1n) is 7.16. The van der Waals surface area contributed by atoms with E-state index in [4.69, 9.17) is 0 Å². The molecule has 1 spiro atoms. The first kappa shape index (κ1) is 11.3. The number of rotatable bonds is 1. The van der Waals surface area contributed by atoms with Crippen molar-refractivity contribution in [1.82, 2.24) is 5.32 Å². The van der Waals surface area contributed by atoms with Crippen LogP contribution in [0, 0.1) is 5.41 Å². The van der Waals surface area contributed by atoms with Crippen molar-refractivity contribution in [3.63, 3.8) is 0 Å². The zero-order chi connectivity index (χ0) is 11.6. The second kappa shape index (κ2) is 4.81. The van der Waals surface area contributed by atoms with Gasteiger partial charge in [-0.3, -0.25) is 0 Å².